The lowest BCUT2D eigenvalue weighted by Gasteiger charge is -1.97. The van der Waals surface area contributed by atoms with E-state index in [0.717, 1.165) is 16.6 Å². The van der Waals surface area contributed by atoms with Crippen molar-refractivity contribution in [1.82, 2.24) is 9.97 Å². The maximum absolute atomic E-state index is 9.28. The first-order chi connectivity index (χ1) is 10.2. The minimum Gasteiger partial charge on any atom is -0.333 e. The van der Waals surface area contributed by atoms with Crippen LogP contribution in [-0.4, -0.2) is 9.97 Å². The molecule has 3 rings (SSSR count). The Bertz CT molecular complexity index is 828. The van der Waals surface area contributed by atoms with Gasteiger partial charge in [-0.1, -0.05) is 35.9 Å². The number of nitrogens with one attached hydrogen (secondary N) is 1. The van der Waals surface area contributed by atoms with E-state index in [1.54, 1.807) is 12.1 Å². The van der Waals surface area contributed by atoms with Gasteiger partial charge in [0, 0.05) is 5.02 Å². The summed E-state index contributed by atoms with van der Waals surface area (Å²) in [7, 11) is 0. The van der Waals surface area contributed by atoms with Gasteiger partial charge in [-0.15, -0.1) is 0 Å². The molecule has 0 amide bonds. The molecule has 5 heteroatoms. The zero-order valence-electron chi connectivity index (χ0n) is 10.9. The van der Waals surface area contributed by atoms with Crippen LogP contribution in [0.1, 0.15) is 5.56 Å². The monoisotopic (exact) mass is 311 g/mol. The number of hydrogen-bond acceptors (Lipinski definition) is 3. The van der Waals surface area contributed by atoms with Gasteiger partial charge in [0.2, 0.25) is 0 Å². The number of fused-ring (bicyclic) bond motifs is 1. The number of nitriles is 1. The van der Waals surface area contributed by atoms with Gasteiger partial charge < -0.3 is 4.98 Å². The van der Waals surface area contributed by atoms with E-state index in [2.05, 4.69) is 16.0 Å². The van der Waals surface area contributed by atoms with Crippen LogP contribution in [0, 0.1) is 11.3 Å². The number of halogens is 1. The van der Waals surface area contributed by atoms with Crippen molar-refractivity contribution in [2.45, 2.75) is 5.16 Å². The largest absolute Gasteiger partial charge is 0.333 e. The van der Waals surface area contributed by atoms with Crippen LogP contribution in [0.5, 0.6) is 0 Å². The van der Waals surface area contributed by atoms with Crippen LogP contribution in [0.2, 0.25) is 5.02 Å². The first kappa shape index (κ1) is 13.7. The fraction of sp³-hybridized carbons (Fsp3) is 0. The summed E-state index contributed by atoms with van der Waals surface area (Å²) >= 11 is 7.25. The highest BCUT2D eigenvalue weighted by atomic mass is 35.5. The van der Waals surface area contributed by atoms with E-state index in [1.807, 2.05) is 42.5 Å². The van der Waals surface area contributed by atoms with E-state index in [4.69, 9.17) is 11.6 Å². The molecule has 2 aromatic carbocycles. The summed E-state index contributed by atoms with van der Waals surface area (Å²) in [5.41, 5.74) is 2.74. The Hall–Kier alpha value is -2.22. The number of rotatable bonds is 3. The minimum atomic E-state index is 0.552. The zero-order valence-corrected chi connectivity index (χ0v) is 12.4. The third-order valence-electron chi connectivity index (χ3n) is 2.83. The number of aromatic amines is 1. The first-order valence-electron chi connectivity index (χ1n) is 6.24. The maximum atomic E-state index is 9.28. The van der Waals surface area contributed by atoms with Gasteiger partial charge in [0.05, 0.1) is 15.9 Å². The van der Waals surface area contributed by atoms with Gasteiger partial charge in [-0.25, -0.2) is 4.98 Å². The molecule has 0 saturated carbocycles. The highest BCUT2D eigenvalue weighted by molar-refractivity contribution is 8.03. The molecule has 1 aromatic heterocycles. The molecule has 0 atom stereocenters. The zero-order chi connectivity index (χ0) is 14.7. The molecule has 0 aliphatic heterocycles. The molecule has 0 unspecified atom stereocenters. The lowest BCUT2D eigenvalue weighted by atomic mass is 10.2. The van der Waals surface area contributed by atoms with Crippen LogP contribution >= 0.6 is 23.4 Å². The number of imidazole rings is 1. The SMILES string of the molecule is N#C/C(=C\c1cccc(Cl)c1)Sc1nc2ccccc2[nH]1. The van der Waals surface area contributed by atoms with Crippen molar-refractivity contribution in [2.24, 2.45) is 0 Å². The smallest absolute Gasteiger partial charge is 0.171 e. The minimum absolute atomic E-state index is 0.552. The number of nitrogens with zero attached hydrogens (tertiary/aromatic N) is 2. The summed E-state index contributed by atoms with van der Waals surface area (Å²) in [6.45, 7) is 0. The quantitative estimate of drug-likeness (QED) is 0.554. The Balaban J connectivity index is 1.89. The molecule has 21 heavy (non-hydrogen) atoms. The number of H-pyrrole nitrogens is 1. The normalized spacial score (nSPS) is 11.5. The highest BCUT2D eigenvalue weighted by Gasteiger charge is 2.06. The summed E-state index contributed by atoms with van der Waals surface area (Å²) < 4.78 is 0. The van der Waals surface area contributed by atoms with Crippen LogP contribution in [0.3, 0.4) is 0 Å². The predicted octanol–water partition coefficient (Wildman–Crippen LogP) is 4.87. The van der Waals surface area contributed by atoms with E-state index in [-0.39, 0.29) is 0 Å². The lowest BCUT2D eigenvalue weighted by molar-refractivity contribution is 1.09. The Labute approximate surface area is 131 Å². The van der Waals surface area contributed by atoms with Gasteiger partial charge in [0.15, 0.2) is 5.16 Å². The van der Waals surface area contributed by atoms with Crippen molar-refractivity contribution in [3.8, 4) is 6.07 Å². The molecule has 0 aliphatic rings. The first-order valence-corrected chi connectivity index (χ1v) is 7.44. The van der Waals surface area contributed by atoms with Gasteiger partial charge in [0.1, 0.15) is 6.07 Å². The molecule has 0 saturated heterocycles. The molecule has 0 bridgehead atoms. The van der Waals surface area contributed by atoms with Gasteiger partial charge in [0.25, 0.3) is 0 Å². The molecule has 3 nitrogen and oxygen atoms in total. The van der Waals surface area contributed by atoms with Crippen LogP contribution < -0.4 is 0 Å². The second kappa shape index (κ2) is 6.04. The number of benzene rings is 2. The summed E-state index contributed by atoms with van der Waals surface area (Å²) in [5, 5.41) is 10.6. The maximum Gasteiger partial charge on any atom is 0.171 e. The lowest BCUT2D eigenvalue weighted by Crippen LogP contribution is -1.78. The Morgan fingerprint density at radius 3 is 2.86 bits per heavy atom. The second-order valence-electron chi connectivity index (χ2n) is 4.34. The van der Waals surface area contributed by atoms with E-state index >= 15 is 0 Å². The van der Waals surface area contributed by atoms with Gasteiger partial charge in [-0.2, -0.15) is 5.26 Å². The van der Waals surface area contributed by atoms with Crippen molar-refractivity contribution < 1.29 is 0 Å². The van der Waals surface area contributed by atoms with Crippen molar-refractivity contribution >= 4 is 40.5 Å². The molecule has 0 aliphatic carbocycles. The topological polar surface area (TPSA) is 52.5 Å². The molecule has 1 N–H and O–H groups in total. The second-order valence-corrected chi connectivity index (χ2v) is 5.80. The molecule has 102 valence electrons. The third-order valence-corrected chi connectivity index (χ3v) is 3.88. The molecular weight excluding hydrogens is 302 g/mol. The van der Waals surface area contributed by atoms with Crippen molar-refractivity contribution in [3.63, 3.8) is 0 Å². The fourth-order valence-corrected chi connectivity index (χ4v) is 2.87. The van der Waals surface area contributed by atoms with Crippen molar-refractivity contribution in [3.05, 3.63) is 64.0 Å². The van der Waals surface area contributed by atoms with Crippen molar-refractivity contribution in [1.29, 1.82) is 5.26 Å². The average molecular weight is 312 g/mol. The van der Waals surface area contributed by atoms with Gasteiger partial charge in [-0.3, -0.25) is 0 Å². The van der Waals surface area contributed by atoms with Gasteiger partial charge in [-0.05, 0) is 47.7 Å². The average Bonchev–Trinajstić information content (AvgIpc) is 2.89. The third kappa shape index (κ3) is 3.27. The van der Waals surface area contributed by atoms with Crippen LogP contribution in [0.25, 0.3) is 17.1 Å². The number of allylic oxidation sites excluding steroid dienone is 1. The van der Waals surface area contributed by atoms with Crippen LogP contribution in [-0.2, 0) is 0 Å². The highest BCUT2D eigenvalue weighted by Crippen LogP contribution is 2.27. The summed E-state index contributed by atoms with van der Waals surface area (Å²) in [4.78, 5) is 8.19. The van der Waals surface area contributed by atoms with Crippen molar-refractivity contribution in [2.75, 3.05) is 0 Å². The molecule has 1 heterocycles. The molecule has 0 radical (unpaired) electrons. The summed E-state index contributed by atoms with van der Waals surface area (Å²) in [6.07, 6.45) is 1.80. The number of thioether (sulfide) groups is 1. The van der Waals surface area contributed by atoms with Crippen LogP contribution in [0.15, 0.2) is 58.6 Å². The van der Waals surface area contributed by atoms with Crippen LogP contribution in [0.4, 0.5) is 0 Å². The summed E-state index contributed by atoms with van der Waals surface area (Å²) in [6, 6.07) is 17.3. The molecule has 0 spiro atoms. The van der Waals surface area contributed by atoms with E-state index < -0.39 is 0 Å². The number of aromatic nitrogens is 2. The van der Waals surface area contributed by atoms with E-state index in [1.165, 1.54) is 11.8 Å². The van der Waals surface area contributed by atoms with Gasteiger partial charge >= 0.3 is 0 Å². The fourth-order valence-electron chi connectivity index (χ4n) is 1.91. The summed E-state index contributed by atoms with van der Waals surface area (Å²) in [5.74, 6) is 0. The molecule has 3 aromatic rings. The molecular formula is C16H10ClN3S. The predicted molar refractivity (Wildman–Crippen MR) is 87.0 cm³/mol. The Morgan fingerprint density at radius 2 is 2.10 bits per heavy atom. The molecule has 0 fully saturated rings. The number of para-hydroxylation sites is 2. The standard InChI is InChI=1S/C16H10ClN3S/c17-12-5-3-4-11(8-12)9-13(10-18)21-16-19-14-6-1-2-7-15(14)20-16/h1-9H,(H,19,20)/b13-9+. The number of hydrogen-bond donors (Lipinski definition) is 1. The van der Waals surface area contributed by atoms with E-state index in [9.17, 15) is 5.26 Å². The Morgan fingerprint density at radius 1 is 1.24 bits per heavy atom. The van der Waals surface area contributed by atoms with E-state index in [0.29, 0.717) is 15.1 Å². The Kier molecular flexibility index (Phi) is 3.96.